The van der Waals surface area contributed by atoms with Crippen LogP contribution in [0.2, 0.25) is 0 Å². The Morgan fingerprint density at radius 3 is 2.94 bits per heavy atom. The van der Waals surface area contributed by atoms with Gasteiger partial charge in [-0.05, 0) is 41.4 Å². The van der Waals surface area contributed by atoms with Gasteiger partial charge in [0.1, 0.15) is 5.82 Å². The molecule has 1 aromatic carbocycles. The van der Waals surface area contributed by atoms with E-state index >= 15 is 0 Å². The van der Waals surface area contributed by atoms with Crippen LogP contribution in [0.25, 0.3) is 0 Å². The van der Waals surface area contributed by atoms with E-state index in [1.165, 1.54) is 6.07 Å². The SMILES string of the molecule is CC(O)C1CCN(C(=O)c2cccc(Br)c2F)C1. The Morgan fingerprint density at radius 2 is 2.33 bits per heavy atom. The number of carbonyl (C=O) groups excluding carboxylic acids is 1. The van der Waals surface area contributed by atoms with E-state index in [2.05, 4.69) is 15.9 Å². The van der Waals surface area contributed by atoms with Gasteiger partial charge in [-0.1, -0.05) is 6.07 Å². The second-order valence-electron chi connectivity index (χ2n) is 4.64. The minimum Gasteiger partial charge on any atom is -0.393 e. The summed E-state index contributed by atoms with van der Waals surface area (Å²) in [5.74, 6) is -0.746. The highest BCUT2D eigenvalue weighted by molar-refractivity contribution is 9.10. The van der Waals surface area contributed by atoms with Gasteiger partial charge < -0.3 is 10.0 Å². The van der Waals surface area contributed by atoms with Crippen LogP contribution in [-0.4, -0.2) is 35.1 Å². The zero-order chi connectivity index (χ0) is 13.3. The summed E-state index contributed by atoms with van der Waals surface area (Å²) in [6.45, 7) is 2.78. The summed E-state index contributed by atoms with van der Waals surface area (Å²) >= 11 is 3.07. The second-order valence-corrected chi connectivity index (χ2v) is 5.50. The minimum absolute atomic E-state index is 0.0793. The molecular weight excluding hydrogens is 301 g/mol. The molecule has 0 aliphatic carbocycles. The molecule has 1 fully saturated rings. The molecule has 1 amide bonds. The molecule has 2 atom stereocenters. The lowest BCUT2D eigenvalue weighted by molar-refractivity contribution is 0.0758. The van der Waals surface area contributed by atoms with E-state index in [9.17, 15) is 14.3 Å². The molecule has 0 bridgehead atoms. The normalized spacial score (nSPS) is 21.1. The van der Waals surface area contributed by atoms with Crippen molar-refractivity contribution in [3.8, 4) is 0 Å². The summed E-state index contributed by atoms with van der Waals surface area (Å²) in [5, 5.41) is 9.50. The first kappa shape index (κ1) is 13.5. The van der Waals surface area contributed by atoms with Gasteiger partial charge in [0.15, 0.2) is 0 Å². The molecule has 18 heavy (non-hydrogen) atoms. The number of likely N-dealkylation sites (tertiary alicyclic amines) is 1. The maximum Gasteiger partial charge on any atom is 0.256 e. The fourth-order valence-corrected chi connectivity index (χ4v) is 2.57. The molecular formula is C13H15BrFNO2. The van der Waals surface area contributed by atoms with E-state index in [1.807, 2.05) is 0 Å². The molecule has 1 heterocycles. The van der Waals surface area contributed by atoms with Crippen molar-refractivity contribution < 1.29 is 14.3 Å². The topological polar surface area (TPSA) is 40.5 Å². The average molecular weight is 316 g/mol. The lowest BCUT2D eigenvalue weighted by atomic mass is 10.0. The van der Waals surface area contributed by atoms with Gasteiger partial charge in [-0.2, -0.15) is 0 Å². The van der Waals surface area contributed by atoms with E-state index in [0.717, 1.165) is 6.42 Å². The van der Waals surface area contributed by atoms with Crippen LogP contribution in [0.3, 0.4) is 0 Å². The summed E-state index contributed by atoms with van der Waals surface area (Å²) in [6.07, 6.45) is 0.328. The first-order chi connectivity index (χ1) is 8.50. The number of halogens is 2. The smallest absolute Gasteiger partial charge is 0.256 e. The van der Waals surface area contributed by atoms with E-state index in [1.54, 1.807) is 24.0 Å². The number of rotatable bonds is 2. The van der Waals surface area contributed by atoms with Crippen molar-refractivity contribution in [2.24, 2.45) is 5.92 Å². The molecule has 2 unspecified atom stereocenters. The van der Waals surface area contributed by atoms with E-state index < -0.39 is 11.9 Å². The predicted octanol–water partition coefficient (Wildman–Crippen LogP) is 2.43. The fourth-order valence-electron chi connectivity index (χ4n) is 2.20. The monoisotopic (exact) mass is 315 g/mol. The van der Waals surface area contributed by atoms with Crippen molar-refractivity contribution in [2.45, 2.75) is 19.4 Å². The summed E-state index contributed by atoms with van der Waals surface area (Å²) in [7, 11) is 0. The summed E-state index contributed by atoms with van der Waals surface area (Å²) in [4.78, 5) is 13.8. The van der Waals surface area contributed by atoms with Gasteiger partial charge in [0.2, 0.25) is 0 Å². The number of benzene rings is 1. The third-order valence-corrected chi connectivity index (χ3v) is 3.99. The molecule has 5 heteroatoms. The maximum atomic E-state index is 13.8. The number of hydrogen-bond acceptors (Lipinski definition) is 2. The number of nitrogens with zero attached hydrogens (tertiary/aromatic N) is 1. The van der Waals surface area contributed by atoms with Gasteiger partial charge >= 0.3 is 0 Å². The molecule has 1 aliphatic heterocycles. The molecule has 98 valence electrons. The quantitative estimate of drug-likeness (QED) is 0.910. The third-order valence-electron chi connectivity index (χ3n) is 3.38. The lowest BCUT2D eigenvalue weighted by Crippen LogP contribution is -2.31. The fraction of sp³-hybridized carbons (Fsp3) is 0.462. The first-order valence-electron chi connectivity index (χ1n) is 5.92. The molecule has 2 rings (SSSR count). The van der Waals surface area contributed by atoms with Gasteiger partial charge in [0.05, 0.1) is 16.1 Å². The van der Waals surface area contributed by atoms with Crippen LogP contribution < -0.4 is 0 Å². The Morgan fingerprint density at radius 1 is 1.61 bits per heavy atom. The molecule has 3 nitrogen and oxygen atoms in total. The largest absolute Gasteiger partial charge is 0.393 e. The lowest BCUT2D eigenvalue weighted by Gasteiger charge is -2.18. The maximum absolute atomic E-state index is 13.8. The summed E-state index contributed by atoms with van der Waals surface area (Å²) in [6, 6.07) is 4.69. The molecule has 0 saturated carbocycles. The van der Waals surface area contributed by atoms with Gasteiger partial charge in [0.25, 0.3) is 5.91 Å². The Labute approximate surface area is 114 Å². The van der Waals surface area contributed by atoms with Gasteiger partial charge in [-0.3, -0.25) is 4.79 Å². The summed E-state index contributed by atoms with van der Waals surface area (Å²) in [5.41, 5.74) is 0.0793. The molecule has 1 aliphatic rings. The van der Waals surface area contributed by atoms with Crippen molar-refractivity contribution in [3.05, 3.63) is 34.1 Å². The standard InChI is InChI=1S/C13H15BrFNO2/c1-8(17)9-5-6-16(7-9)13(18)10-3-2-4-11(14)12(10)15/h2-4,8-9,17H,5-7H2,1H3. The van der Waals surface area contributed by atoms with E-state index in [4.69, 9.17) is 0 Å². The third kappa shape index (κ3) is 2.57. The summed E-state index contributed by atoms with van der Waals surface area (Å²) < 4.78 is 14.1. The number of hydrogen-bond donors (Lipinski definition) is 1. The van der Waals surface area contributed by atoms with Crippen LogP contribution in [0.1, 0.15) is 23.7 Å². The van der Waals surface area contributed by atoms with E-state index in [-0.39, 0.29) is 17.4 Å². The van der Waals surface area contributed by atoms with Gasteiger partial charge in [-0.25, -0.2) is 4.39 Å². The Hall–Kier alpha value is -0.940. The van der Waals surface area contributed by atoms with Crippen molar-refractivity contribution in [1.29, 1.82) is 0 Å². The zero-order valence-electron chi connectivity index (χ0n) is 10.1. The van der Waals surface area contributed by atoms with Crippen LogP contribution >= 0.6 is 15.9 Å². The molecule has 1 saturated heterocycles. The van der Waals surface area contributed by atoms with Crippen LogP contribution in [0.15, 0.2) is 22.7 Å². The van der Waals surface area contributed by atoms with Crippen molar-refractivity contribution >= 4 is 21.8 Å². The van der Waals surface area contributed by atoms with Crippen LogP contribution in [0.4, 0.5) is 4.39 Å². The second kappa shape index (κ2) is 5.36. The molecule has 0 spiro atoms. The highest BCUT2D eigenvalue weighted by atomic mass is 79.9. The Bertz CT molecular complexity index is 464. The van der Waals surface area contributed by atoms with Crippen molar-refractivity contribution in [3.63, 3.8) is 0 Å². The number of aliphatic hydroxyl groups is 1. The minimum atomic E-state index is -0.525. The van der Waals surface area contributed by atoms with Crippen molar-refractivity contribution in [1.82, 2.24) is 4.90 Å². The van der Waals surface area contributed by atoms with Crippen LogP contribution in [-0.2, 0) is 0 Å². The Kier molecular flexibility index (Phi) is 4.02. The highest BCUT2D eigenvalue weighted by Gasteiger charge is 2.30. The highest BCUT2D eigenvalue weighted by Crippen LogP contribution is 2.24. The molecule has 0 aromatic heterocycles. The molecule has 1 N–H and O–H groups in total. The average Bonchev–Trinajstić information content (AvgIpc) is 2.81. The molecule has 1 aromatic rings. The number of amides is 1. The van der Waals surface area contributed by atoms with Crippen LogP contribution in [0, 0.1) is 11.7 Å². The molecule has 0 radical (unpaired) electrons. The van der Waals surface area contributed by atoms with Gasteiger partial charge in [0, 0.05) is 19.0 Å². The van der Waals surface area contributed by atoms with Crippen LogP contribution in [0.5, 0.6) is 0 Å². The number of carbonyl (C=O) groups is 1. The first-order valence-corrected chi connectivity index (χ1v) is 6.71. The van der Waals surface area contributed by atoms with Crippen molar-refractivity contribution in [2.75, 3.05) is 13.1 Å². The number of aliphatic hydroxyl groups excluding tert-OH is 1. The Balaban J connectivity index is 2.16. The van der Waals surface area contributed by atoms with E-state index in [0.29, 0.717) is 17.6 Å². The van der Waals surface area contributed by atoms with Gasteiger partial charge in [-0.15, -0.1) is 0 Å². The zero-order valence-corrected chi connectivity index (χ0v) is 11.7. The predicted molar refractivity (Wildman–Crippen MR) is 69.8 cm³/mol.